The van der Waals surface area contributed by atoms with Gasteiger partial charge in [0.1, 0.15) is 0 Å². The molecule has 0 bridgehead atoms. The van der Waals surface area contributed by atoms with Crippen molar-refractivity contribution in [1.82, 2.24) is 0 Å². The summed E-state index contributed by atoms with van der Waals surface area (Å²) in [5.41, 5.74) is 2.11. The normalized spacial score (nSPS) is 16.6. The summed E-state index contributed by atoms with van der Waals surface area (Å²) in [6.07, 6.45) is 5.56. The molecule has 2 aromatic carbocycles. The molecular weight excluding hydrogens is 304 g/mol. The van der Waals surface area contributed by atoms with Crippen LogP contribution in [0.15, 0.2) is 36.4 Å². The Morgan fingerprint density at radius 2 is 1.21 bits per heavy atom. The van der Waals surface area contributed by atoms with Gasteiger partial charge in [0.15, 0.2) is 23.0 Å². The maximum absolute atomic E-state index is 9.93. The first-order chi connectivity index (χ1) is 11.6. The molecule has 1 saturated carbocycles. The van der Waals surface area contributed by atoms with Crippen LogP contribution < -0.4 is 9.47 Å². The standard InChI is InChI=1S/C20H24O4/c1-23-18-12-14(6-8-16(18)21)20(10-4-3-5-11-20)15-7-9-17(22)19(13-15)24-2/h6-9,12-13,21-22H,3-5,10-11H2,1-2H3. The van der Waals surface area contributed by atoms with Gasteiger partial charge in [0.25, 0.3) is 0 Å². The van der Waals surface area contributed by atoms with Crippen molar-refractivity contribution in [2.75, 3.05) is 14.2 Å². The minimum Gasteiger partial charge on any atom is -0.504 e. The SMILES string of the molecule is COc1cc(C2(c3ccc(O)c(OC)c3)CCCCC2)ccc1O. The third kappa shape index (κ3) is 2.77. The number of methoxy groups -OCH3 is 2. The molecule has 0 aromatic heterocycles. The molecule has 0 amide bonds. The first-order valence-electron chi connectivity index (χ1n) is 8.36. The van der Waals surface area contributed by atoms with E-state index in [0.29, 0.717) is 11.5 Å². The van der Waals surface area contributed by atoms with E-state index in [9.17, 15) is 10.2 Å². The number of rotatable bonds is 4. The van der Waals surface area contributed by atoms with Crippen molar-refractivity contribution in [3.05, 3.63) is 47.5 Å². The highest BCUT2D eigenvalue weighted by atomic mass is 16.5. The van der Waals surface area contributed by atoms with E-state index in [1.54, 1.807) is 26.4 Å². The van der Waals surface area contributed by atoms with Gasteiger partial charge in [0.05, 0.1) is 14.2 Å². The fourth-order valence-corrected chi connectivity index (χ4v) is 3.85. The van der Waals surface area contributed by atoms with Gasteiger partial charge in [0, 0.05) is 5.41 Å². The molecule has 0 atom stereocenters. The van der Waals surface area contributed by atoms with E-state index in [1.165, 1.54) is 6.42 Å². The van der Waals surface area contributed by atoms with E-state index in [0.717, 1.165) is 36.8 Å². The highest BCUT2D eigenvalue weighted by molar-refractivity contribution is 5.51. The van der Waals surface area contributed by atoms with Crippen LogP contribution in [0.5, 0.6) is 23.0 Å². The van der Waals surface area contributed by atoms with Crippen molar-refractivity contribution in [3.63, 3.8) is 0 Å². The van der Waals surface area contributed by atoms with Crippen LogP contribution >= 0.6 is 0 Å². The Morgan fingerprint density at radius 1 is 0.750 bits per heavy atom. The predicted molar refractivity (Wildman–Crippen MR) is 93.2 cm³/mol. The van der Waals surface area contributed by atoms with Gasteiger partial charge < -0.3 is 19.7 Å². The highest BCUT2D eigenvalue weighted by Crippen LogP contribution is 2.48. The molecule has 0 radical (unpaired) electrons. The summed E-state index contributed by atoms with van der Waals surface area (Å²) in [5.74, 6) is 1.28. The lowest BCUT2D eigenvalue weighted by Gasteiger charge is -2.39. The molecular formula is C20H24O4. The summed E-state index contributed by atoms with van der Waals surface area (Å²) in [6, 6.07) is 11.2. The molecule has 4 nitrogen and oxygen atoms in total. The van der Waals surface area contributed by atoms with E-state index in [2.05, 4.69) is 0 Å². The zero-order valence-electron chi connectivity index (χ0n) is 14.2. The summed E-state index contributed by atoms with van der Waals surface area (Å²) in [7, 11) is 3.13. The fourth-order valence-electron chi connectivity index (χ4n) is 3.85. The second-order valence-corrected chi connectivity index (χ2v) is 6.42. The third-order valence-electron chi connectivity index (χ3n) is 5.17. The number of hydrogen-bond donors (Lipinski definition) is 2. The van der Waals surface area contributed by atoms with Crippen LogP contribution in [0.3, 0.4) is 0 Å². The molecule has 2 N–H and O–H groups in total. The predicted octanol–water partition coefficient (Wildman–Crippen LogP) is 4.37. The van der Waals surface area contributed by atoms with Gasteiger partial charge >= 0.3 is 0 Å². The Morgan fingerprint density at radius 3 is 1.62 bits per heavy atom. The lowest BCUT2D eigenvalue weighted by molar-refractivity contribution is 0.335. The van der Waals surface area contributed by atoms with Crippen LogP contribution in [-0.2, 0) is 5.41 Å². The van der Waals surface area contributed by atoms with Gasteiger partial charge in [-0.3, -0.25) is 0 Å². The van der Waals surface area contributed by atoms with Crippen LogP contribution in [0.4, 0.5) is 0 Å². The van der Waals surface area contributed by atoms with Crippen molar-refractivity contribution < 1.29 is 19.7 Å². The second kappa shape index (κ2) is 6.63. The first-order valence-corrected chi connectivity index (χ1v) is 8.36. The van der Waals surface area contributed by atoms with E-state index in [1.807, 2.05) is 24.3 Å². The molecule has 4 heteroatoms. The molecule has 0 saturated heterocycles. The maximum Gasteiger partial charge on any atom is 0.160 e. The largest absolute Gasteiger partial charge is 0.504 e. The average Bonchev–Trinajstić information content (AvgIpc) is 2.63. The molecule has 3 rings (SSSR count). The van der Waals surface area contributed by atoms with E-state index >= 15 is 0 Å². The van der Waals surface area contributed by atoms with Crippen molar-refractivity contribution in [2.45, 2.75) is 37.5 Å². The minimum atomic E-state index is -0.153. The van der Waals surface area contributed by atoms with Gasteiger partial charge in [-0.1, -0.05) is 31.4 Å². The topological polar surface area (TPSA) is 58.9 Å². The van der Waals surface area contributed by atoms with Crippen LogP contribution in [0.25, 0.3) is 0 Å². The van der Waals surface area contributed by atoms with E-state index < -0.39 is 0 Å². The summed E-state index contributed by atoms with van der Waals surface area (Å²) < 4.78 is 10.6. The summed E-state index contributed by atoms with van der Waals surface area (Å²) >= 11 is 0. The number of phenols is 2. The van der Waals surface area contributed by atoms with Gasteiger partial charge in [-0.2, -0.15) is 0 Å². The highest BCUT2D eigenvalue weighted by Gasteiger charge is 2.36. The first kappa shape index (κ1) is 16.5. The molecule has 1 aliphatic rings. The summed E-state index contributed by atoms with van der Waals surface area (Å²) in [4.78, 5) is 0. The van der Waals surface area contributed by atoms with Crippen molar-refractivity contribution in [1.29, 1.82) is 0 Å². The van der Waals surface area contributed by atoms with Gasteiger partial charge in [-0.25, -0.2) is 0 Å². The van der Waals surface area contributed by atoms with E-state index in [-0.39, 0.29) is 16.9 Å². The van der Waals surface area contributed by atoms with Crippen LogP contribution in [0.1, 0.15) is 43.2 Å². The van der Waals surface area contributed by atoms with Crippen LogP contribution in [0.2, 0.25) is 0 Å². The zero-order chi connectivity index (χ0) is 17.2. The molecule has 128 valence electrons. The maximum atomic E-state index is 9.93. The lowest BCUT2D eigenvalue weighted by atomic mass is 9.65. The Hall–Kier alpha value is -2.36. The third-order valence-corrected chi connectivity index (χ3v) is 5.17. The molecule has 0 aliphatic heterocycles. The van der Waals surface area contributed by atoms with Crippen molar-refractivity contribution >= 4 is 0 Å². The van der Waals surface area contributed by atoms with Crippen molar-refractivity contribution in [3.8, 4) is 23.0 Å². The number of ether oxygens (including phenoxy) is 2. The minimum absolute atomic E-state index is 0.149. The average molecular weight is 328 g/mol. The smallest absolute Gasteiger partial charge is 0.160 e. The molecule has 1 aliphatic carbocycles. The molecule has 0 unspecified atom stereocenters. The van der Waals surface area contributed by atoms with Crippen LogP contribution in [0, 0.1) is 0 Å². The van der Waals surface area contributed by atoms with Gasteiger partial charge in [-0.15, -0.1) is 0 Å². The van der Waals surface area contributed by atoms with Crippen molar-refractivity contribution in [2.24, 2.45) is 0 Å². The number of phenolic OH excluding ortho intramolecular Hbond substituents is 2. The van der Waals surface area contributed by atoms with Gasteiger partial charge in [-0.05, 0) is 48.2 Å². The quantitative estimate of drug-likeness (QED) is 0.875. The van der Waals surface area contributed by atoms with Crippen LogP contribution in [-0.4, -0.2) is 24.4 Å². The Balaban J connectivity index is 2.15. The van der Waals surface area contributed by atoms with Gasteiger partial charge in [0.2, 0.25) is 0 Å². The molecule has 0 spiro atoms. The molecule has 2 aromatic rings. The Bertz CT molecular complexity index is 662. The second-order valence-electron chi connectivity index (χ2n) is 6.42. The number of hydrogen-bond acceptors (Lipinski definition) is 4. The number of aromatic hydroxyl groups is 2. The fraction of sp³-hybridized carbons (Fsp3) is 0.400. The summed E-state index contributed by atoms with van der Waals surface area (Å²) in [6.45, 7) is 0. The molecule has 24 heavy (non-hydrogen) atoms. The molecule has 0 heterocycles. The summed E-state index contributed by atoms with van der Waals surface area (Å²) in [5, 5.41) is 19.9. The monoisotopic (exact) mass is 328 g/mol. The lowest BCUT2D eigenvalue weighted by Crippen LogP contribution is -2.30. The Labute approximate surface area is 142 Å². The van der Waals surface area contributed by atoms with E-state index in [4.69, 9.17) is 9.47 Å². The molecule has 1 fully saturated rings. The zero-order valence-corrected chi connectivity index (χ0v) is 14.2. The Kier molecular flexibility index (Phi) is 4.56. The number of benzene rings is 2.